The van der Waals surface area contributed by atoms with Crippen molar-refractivity contribution in [2.24, 2.45) is 7.05 Å². The number of pyridine rings is 1. The Morgan fingerprint density at radius 2 is 1.87 bits per heavy atom. The minimum absolute atomic E-state index is 0.208. The van der Waals surface area contributed by atoms with Gasteiger partial charge in [-0.2, -0.15) is 0 Å². The Kier molecular flexibility index (Phi) is 3.18. The number of para-hydroxylation sites is 1. The molecule has 4 nitrogen and oxygen atoms in total. The average Bonchev–Trinajstić information content (AvgIpc) is 2.89. The molecule has 0 atom stereocenters. The summed E-state index contributed by atoms with van der Waals surface area (Å²) in [7, 11) is 1.89. The summed E-state index contributed by atoms with van der Waals surface area (Å²) in [5.74, 6) is 0.667. The highest BCUT2D eigenvalue weighted by Gasteiger charge is 2.16. The number of H-pyrrole nitrogens is 1. The Hall–Kier alpha value is -2.30. The predicted octanol–water partition coefficient (Wildman–Crippen LogP) is 4.39. The maximum absolute atomic E-state index is 12.3. The van der Waals surface area contributed by atoms with Crippen LogP contribution in [0.1, 0.15) is 0 Å². The summed E-state index contributed by atoms with van der Waals surface area (Å²) in [5.41, 5.74) is 2.59. The second-order valence-electron chi connectivity index (χ2n) is 5.32. The Balaban J connectivity index is 2.12. The molecule has 4 aromatic rings. The molecule has 2 aromatic carbocycles. The molecular formula is C17H11Cl2N3O. The van der Waals surface area contributed by atoms with E-state index in [4.69, 9.17) is 23.2 Å². The Morgan fingerprint density at radius 1 is 1.09 bits per heavy atom. The second-order valence-corrected chi connectivity index (χ2v) is 6.13. The van der Waals surface area contributed by atoms with E-state index in [0.29, 0.717) is 21.4 Å². The number of aryl methyl sites for hydroxylation is 1. The standard InChI is InChI=1S/C17H11Cl2N3O/c1-22-15-10-4-2-3-5-13(10)20-17(23)14(15)21-16(22)9-6-7-11(18)12(19)8-9/h2-8H,1H3,(H,20,23). The van der Waals surface area contributed by atoms with Gasteiger partial charge in [0.2, 0.25) is 0 Å². The van der Waals surface area contributed by atoms with Crippen LogP contribution in [0.25, 0.3) is 33.3 Å². The van der Waals surface area contributed by atoms with Gasteiger partial charge in [-0.05, 0) is 24.3 Å². The first kappa shape index (κ1) is 14.3. The number of aromatic amines is 1. The van der Waals surface area contributed by atoms with Gasteiger partial charge in [-0.25, -0.2) is 4.98 Å². The number of hydrogen-bond acceptors (Lipinski definition) is 2. The minimum Gasteiger partial charge on any atom is -0.326 e. The van der Waals surface area contributed by atoms with Crippen LogP contribution in [0.4, 0.5) is 0 Å². The summed E-state index contributed by atoms with van der Waals surface area (Å²) < 4.78 is 1.91. The largest absolute Gasteiger partial charge is 0.326 e. The number of hydrogen-bond donors (Lipinski definition) is 1. The number of benzene rings is 2. The minimum atomic E-state index is -0.208. The zero-order chi connectivity index (χ0) is 16.1. The molecular weight excluding hydrogens is 333 g/mol. The zero-order valence-electron chi connectivity index (χ0n) is 12.1. The average molecular weight is 344 g/mol. The number of aromatic nitrogens is 3. The van der Waals surface area contributed by atoms with Crippen LogP contribution in [0.5, 0.6) is 0 Å². The van der Waals surface area contributed by atoms with Crippen LogP contribution in [-0.2, 0) is 7.05 Å². The summed E-state index contributed by atoms with van der Waals surface area (Å²) in [6, 6.07) is 13.0. The molecule has 0 aliphatic heterocycles. The number of halogens is 2. The first-order chi connectivity index (χ1) is 11.1. The van der Waals surface area contributed by atoms with Crippen molar-refractivity contribution < 1.29 is 0 Å². The molecule has 0 fully saturated rings. The van der Waals surface area contributed by atoms with E-state index < -0.39 is 0 Å². The highest BCUT2D eigenvalue weighted by molar-refractivity contribution is 6.42. The fourth-order valence-electron chi connectivity index (χ4n) is 2.84. The zero-order valence-corrected chi connectivity index (χ0v) is 13.6. The van der Waals surface area contributed by atoms with Crippen molar-refractivity contribution in [3.63, 3.8) is 0 Å². The molecule has 2 heterocycles. The summed E-state index contributed by atoms with van der Waals surface area (Å²) >= 11 is 12.1. The summed E-state index contributed by atoms with van der Waals surface area (Å²) in [5, 5.41) is 1.89. The first-order valence-corrected chi connectivity index (χ1v) is 7.75. The Labute approximate surface area is 141 Å². The van der Waals surface area contributed by atoms with Crippen LogP contribution in [-0.4, -0.2) is 14.5 Å². The van der Waals surface area contributed by atoms with E-state index in [0.717, 1.165) is 22.0 Å². The second kappa shape index (κ2) is 5.11. The van der Waals surface area contributed by atoms with Gasteiger partial charge in [-0.3, -0.25) is 4.79 Å². The number of rotatable bonds is 1. The van der Waals surface area contributed by atoms with E-state index in [1.54, 1.807) is 12.1 Å². The summed E-state index contributed by atoms with van der Waals surface area (Å²) in [4.78, 5) is 19.7. The van der Waals surface area contributed by atoms with E-state index >= 15 is 0 Å². The molecule has 2 aromatic heterocycles. The molecule has 0 spiro atoms. The van der Waals surface area contributed by atoms with E-state index in [9.17, 15) is 4.79 Å². The van der Waals surface area contributed by atoms with Crippen molar-refractivity contribution in [3.05, 3.63) is 62.9 Å². The van der Waals surface area contributed by atoms with E-state index in [2.05, 4.69) is 9.97 Å². The van der Waals surface area contributed by atoms with E-state index in [1.807, 2.05) is 41.9 Å². The fraction of sp³-hybridized carbons (Fsp3) is 0.0588. The monoisotopic (exact) mass is 343 g/mol. The van der Waals surface area contributed by atoms with Crippen LogP contribution in [0, 0.1) is 0 Å². The smallest absolute Gasteiger partial charge is 0.276 e. The lowest BCUT2D eigenvalue weighted by Crippen LogP contribution is -2.06. The number of imidazole rings is 1. The van der Waals surface area contributed by atoms with Crippen LogP contribution < -0.4 is 5.56 Å². The predicted molar refractivity (Wildman–Crippen MR) is 94.3 cm³/mol. The van der Waals surface area contributed by atoms with Gasteiger partial charge in [0.15, 0.2) is 5.52 Å². The summed E-state index contributed by atoms with van der Waals surface area (Å²) in [6.07, 6.45) is 0. The molecule has 0 aliphatic carbocycles. The van der Waals surface area contributed by atoms with Crippen molar-refractivity contribution >= 4 is 45.1 Å². The molecule has 114 valence electrons. The quantitative estimate of drug-likeness (QED) is 0.557. The van der Waals surface area contributed by atoms with Crippen molar-refractivity contribution in [2.75, 3.05) is 0 Å². The third-order valence-corrected chi connectivity index (χ3v) is 4.66. The van der Waals surface area contributed by atoms with Gasteiger partial charge in [0, 0.05) is 18.0 Å². The lowest BCUT2D eigenvalue weighted by atomic mass is 10.2. The lowest BCUT2D eigenvalue weighted by molar-refractivity contribution is 0.962. The molecule has 0 saturated carbocycles. The SMILES string of the molecule is Cn1c(-c2ccc(Cl)c(Cl)c2)nc2c(=O)[nH]c3ccccc3c21. The maximum Gasteiger partial charge on any atom is 0.276 e. The highest BCUT2D eigenvalue weighted by atomic mass is 35.5. The molecule has 0 bridgehead atoms. The van der Waals surface area contributed by atoms with Gasteiger partial charge in [0.05, 0.1) is 21.1 Å². The molecule has 0 radical (unpaired) electrons. The molecule has 6 heteroatoms. The van der Waals surface area contributed by atoms with Crippen molar-refractivity contribution in [1.82, 2.24) is 14.5 Å². The maximum atomic E-state index is 12.3. The topological polar surface area (TPSA) is 50.7 Å². The van der Waals surface area contributed by atoms with Crippen LogP contribution >= 0.6 is 23.2 Å². The van der Waals surface area contributed by atoms with Crippen LogP contribution in [0.2, 0.25) is 10.0 Å². The normalized spacial score (nSPS) is 11.4. The highest BCUT2D eigenvalue weighted by Crippen LogP contribution is 2.30. The van der Waals surface area contributed by atoms with Crippen LogP contribution in [0.3, 0.4) is 0 Å². The fourth-order valence-corrected chi connectivity index (χ4v) is 3.14. The van der Waals surface area contributed by atoms with Crippen molar-refractivity contribution in [1.29, 1.82) is 0 Å². The number of nitrogens with one attached hydrogen (secondary N) is 1. The molecule has 0 amide bonds. The van der Waals surface area contributed by atoms with E-state index in [1.165, 1.54) is 0 Å². The van der Waals surface area contributed by atoms with Gasteiger partial charge in [0.1, 0.15) is 5.82 Å². The first-order valence-electron chi connectivity index (χ1n) is 6.99. The number of fused-ring (bicyclic) bond motifs is 3. The molecule has 1 N–H and O–H groups in total. The Morgan fingerprint density at radius 3 is 2.65 bits per heavy atom. The third-order valence-electron chi connectivity index (χ3n) is 3.92. The molecule has 23 heavy (non-hydrogen) atoms. The molecule has 0 saturated heterocycles. The van der Waals surface area contributed by atoms with Crippen molar-refractivity contribution in [3.8, 4) is 11.4 Å². The van der Waals surface area contributed by atoms with Gasteiger partial charge >= 0.3 is 0 Å². The van der Waals surface area contributed by atoms with Crippen molar-refractivity contribution in [2.45, 2.75) is 0 Å². The van der Waals surface area contributed by atoms with Crippen LogP contribution in [0.15, 0.2) is 47.3 Å². The summed E-state index contributed by atoms with van der Waals surface area (Å²) in [6.45, 7) is 0. The van der Waals surface area contributed by atoms with Gasteiger partial charge in [-0.15, -0.1) is 0 Å². The number of nitrogens with zero attached hydrogens (tertiary/aromatic N) is 2. The molecule has 0 aliphatic rings. The molecule has 4 rings (SSSR count). The van der Waals surface area contributed by atoms with Gasteiger partial charge in [-0.1, -0.05) is 41.4 Å². The Bertz CT molecular complexity index is 1130. The molecule has 0 unspecified atom stereocenters. The van der Waals surface area contributed by atoms with Gasteiger partial charge in [0.25, 0.3) is 5.56 Å². The third kappa shape index (κ3) is 2.14. The lowest BCUT2D eigenvalue weighted by Gasteiger charge is -2.05. The van der Waals surface area contributed by atoms with Gasteiger partial charge < -0.3 is 9.55 Å². The van der Waals surface area contributed by atoms with E-state index in [-0.39, 0.29) is 5.56 Å².